The Hall–Kier alpha value is -1.76. The van der Waals surface area contributed by atoms with Gasteiger partial charge in [-0.3, -0.25) is 4.98 Å². The van der Waals surface area contributed by atoms with Crippen LogP contribution >= 0.6 is 23.2 Å². The molecule has 0 aliphatic carbocycles. The van der Waals surface area contributed by atoms with Gasteiger partial charge in [0.2, 0.25) is 0 Å². The summed E-state index contributed by atoms with van der Waals surface area (Å²) < 4.78 is 5.75. The lowest BCUT2D eigenvalue weighted by Crippen LogP contribution is -2.31. The van der Waals surface area contributed by atoms with Gasteiger partial charge in [0.05, 0.1) is 16.1 Å². The van der Waals surface area contributed by atoms with Crippen LogP contribution in [0.15, 0.2) is 42.7 Å². The van der Waals surface area contributed by atoms with Gasteiger partial charge in [-0.15, -0.1) is 0 Å². The van der Waals surface area contributed by atoms with Crippen molar-refractivity contribution in [2.45, 2.75) is 18.8 Å². The van der Waals surface area contributed by atoms with Gasteiger partial charge in [-0.05, 0) is 30.2 Å². The molecule has 0 N–H and O–H groups in total. The molecule has 1 aromatic carbocycles. The van der Waals surface area contributed by atoms with Crippen molar-refractivity contribution in [3.63, 3.8) is 0 Å². The molecule has 0 fully saturated rings. The lowest BCUT2D eigenvalue weighted by Gasteiger charge is -2.25. The van der Waals surface area contributed by atoms with E-state index in [4.69, 9.17) is 27.9 Å². The summed E-state index contributed by atoms with van der Waals surface area (Å²) in [6.45, 7) is 2.18. The Morgan fingerprint density at radius 1 is 1.29 bits per heavy atom. The van der Waals surface area contributed by atoms with Crippen LogP contribution in [0.1, 0.15) is 18.9 Å². The van der Waals surface area contributed by atoms with Crippen molar-refractivity contribution in [1.29, 1.82) is 5.26 Å². The topological polar surface area (TPSA) is 45.9 Å². The average Bonchev–Trinajstić information content (AvgIpc) is 2.53. The minimum absolute atomic E-state index is 0.226. The molecule has 0 bridgehead atoms. The number of pyridine rings is 1. The molecule has 1 heterocycles. The molecule has 0 spiro atoms. The van der Waals surface area contributed by atoms with Crippen molar-refractivity contribution >= 4 is 23.2 Å². The van der Waals surface area contributed by atoms with E-state index in [1.807, 2.05) is 19.1 Å². The second kappa shape index (κ2) is 6.80. The van der Waals surface area contributed by atoms with Gasteiger partial charge in [-0.1, -0.05) is 36.2 Å². The zero-order chi connectivity index (χ0) is 15.3. The summed E-state index contributed by atoms with van der Waals surface area (Å²) in [6.07, 6.45) is 4.00. The van der Waals surface area contributed by atoms with Gasteiger partial charge in [-0.25, -0.2) is 0 Å². The number of nitriles is 1. The first-order valence-corrected chi connectivity index (χ1v) is 7.26. The second-order valence-electron chi connectivity index (χ2n) is 4.65. The van der Waals surface area contributed by atoms with E-state index in [-0.39, 0.29) is 6.61 Å². The molecule has 0 aliphatic rings. The van der Waals surface area contributed by atoms with Crippen molar-refractivity contribution in [2.24, 2.45) is 0 Å². The average molecular weight is 321 g/mol. The third-order valence-corrected chi connectivity index (χ3v) is 4.15. The number of aromatic nitrogens is 1. The summed E-state index contributed by atoms with van der Waals surface area (Å²) in [6, 6.07) is 11.1. The molecular formula is C16H14Cl2N2O. The van der Waals surface area contributed by atoms with E-state index in [2.05, 4.69) is 11.1 Å². The van der Waals surface area contributed by atoms with E-state index < -0.39 is 5.41 Å². The Morgan fingerprint density at radius 2 is 2.10 bits per heavy atom. The van der Waals surface area contributed by atoms with Crippen LogP contribution in [-0.4, -0.2) is 11.6 Å². The van der Waals surface area contributed by atoms with Crippen LogP contribution in [0.3, 0.4) is 0 Å². The van der Waals surface area contributed by atoms with Crippen LogP contribution < -0.4 is 4.74 Å². The van der Waals surface area contributed by atoms with Gasteiger partial charge in [0.25, 0.3) is 0 Å². The fourth-order valence-corrected chi connectivity index (χ4v) is 2.27. The van der Waals surface area contributed by atoms with E-state index in [1.165, 1.54) is 0 Å². The van der Waals surface area contributed by atoms with Crippen molar-refractivity contribution < 1.29 is 4.74 Å². The van der Waals surface area contributed by atoms with Gasteiger partial charge in [0.15, 0.2) is 0 Å². The zero-order valence-corrected chi connectivity index (χ0v) is 13.0. The van der Waals surface area contributed by atoms with Gasteiger partial charge >= 0.3 is 0 Å². The van der Waals surface area contributed by atoms with Gasteiger partial charge in [0, 0.05) is 18.5 Å². The molecule has 5 heteroatoms. The predicted molar refractivity (Wildman–Crippen MR) is 83.8 cm³/mol. The van der Waals surface area contributed by atoms with Crippen molar-refractivity contribution in [2.75, 3.05) is 6.61 Å². The van der Waals surface area contributed by atoms with E-state index in [1.54, 1.807) is 30.6 Å². The summed E-state index contributed by atoms with van der Waals surface area (Å²) in [4.78, 5) is 4.08. The normalized spacial score (nSPS) is 13.2. The summed E-state index contributed by atoms with van der Waals surface area (Å²) in [5, 5.41) is 10.5. The monoisotopic (exact) mass is 320 g/mol. The number of hydrogen-bond acceptors (Lipinski definition) is 3. The van der Waals surface area contributed by atoms with E-state index in [9.17, 15) is 5.26 Å². The standard InChI is InChI=1S/C16H14Cl2N2O/c1-2-16(10-19,12-4-3-7-20-9-12)11-21-13-5-6-14(17)15(18)8-13/h3-9H,2,11H2,1H3. The van der Waals surface area contributed by atoms with Gasteiger partial charge < -0.3 is 4.74 Å². The maximum Gasteiger partial charge on any atom is 0.120 e. The third kappa shape index (κ3) is 3.47. The molecule has 0 saturated heterocycles. The van der Waals surface area contributed by atoms with E-state index in [0.717, 1.165) is 5.56 Å². The minimum atomic E-state index is -0.736. The highest BCUT2D eigenvalue weighted by Gasteiger charge is 2.32. The molecular weight excluding hydrogens is 307 g/mol. The lowest BCUT2D eigenvalue weighted by molar-refractivity contribution is 0.247. The fraction of sp³-hybridized carbons (Fsp3) is 0.250. The SMILES string of the molecule is CCC(C#N)(COc1ccc(Cl)c(Cl)c1)c1cccnc1. The number of nitrogens with zero attached hydrogens (tertiary/aromatic N) is 2. The Labute approximate surface area is 134 Å². The van der Waals surface area contributed by atoms with Crippen LogP contribution in [0.25, 0.3) is 0 Å². The second-order valence-corrected chi connectivity index (χ2v) is 5.47. The third-order valence-electron chi connectivity index (χ3n) is 3.41. The van der Waals surface area contributed by atoms with Crippen molar-refractivity contribution in [3.8, 4) is 11.8 Å². The maximum atomic E-state index is 9.60. The van der Waals surface area contributed by atoms with Crippen LogP contribution in [-0.2, 0) is 5.41 Å². The highest BCUT2D eigenvalue weighted by Crippen LogP contribution is 2.30. The molecule has 3 nitrogen and oxygen atoms in total. The molecule has 2 aromatic rings. The summed E-state index contributed by atoms with van der Waals surface area (Å²) in [7, 11) is 0. The largest absolute Gasteiger partial charge is 0.492 e. The molecule has 0 aliphatic heterocycles. The minimum Gasteiger partial charge on any atom is -0.492 e. The molecule has 1 aromatic heterocycles. The first-order valence-electron chi connectivity index (χ1n) is 6.51. The summed E-state index contributed by atoms with van der Waals surface area (Å²) in [5.74, 6) is 0.585. The zero-order valence-electron chi connectivity index (χ0n) is 11.5. The van der Waals surface area contributed by atoms with Crippen molar-refractivity contribution in [1.82, 2.24) is 4.98 Å². The maximum absolute atomic E-state index is 9.60. The van der Waals surface area contributed by atoms with Gasteiger partial charge in [0.1, 0.15) is 17.8 Å². The van der Waals surface area contributed by atoms with Gasteiger partial charge in [-0.2, -0.15) is 5.26 Å². The lowest BCUT2D eigenvalue weighted by atomic mass is 9.81. The first kappa shape index (κ1) is 15.6. The number of ether oxygens (including phenoxy) is 1. The number of hydrogen-bond donors (Lipinski definition) is 0. The molecule has 108 valence electrons. The highest BCUT2D eigenvalue weighted by molar-refractivity contribution is 6.42. The predicted octanol–water partition coefficient (Wildman–Crippen LogP) is 4.64. The first-order chi connectivity index (χ1) is 10.1. The van der Waals surface area contributed by atoms with E-state index in [0.29, 0.717) is 22.2 Å². The molecule has 0 saturated carbocycles. The fourth-order valence-electron chi connectivity index (χ4n) is 1.98. The number of rotatable bonds is 5. The van der Waals surface area contributed by atoms with Crippen molar-refractivity contribution in [3.05, 3.63) is 58.3 Å². The number of benzene rings is 1. The van der Waals surface area contributed by atoms with Crippen LogP contribution in [0, 0.1) is 11.3 Å². The molecule has 0 amide bonds. The molecule has 2 rings (SSSR count). The van der Waals surface area contributed by atoms with Crippen LogP contribution in [0.2, 0.25) is 10.0 Å². The van der Waals surface area contributed by atoms with Crippen LogP contribution in [0.4, 0.5) is 0 Å². The Kier molecular flexibility index (Phi) is 5.06. The Bertz CT molecular complexity index is 655. The number of halogens is 2. The quantitative estimate of drug-likeness (QED) is 0.806. The Morgan fingerprint density at radius 3 is 2.67 bits per heavy atom. The highest BCUT2D eigenvalue weighted by atomic mass is 35.5. The molecule has 1 atom stereocenters. The smallest absolute Gasteiger partial charge is 0.120 e. The van der Waals surface area contributed by atoms with Crippen LogP contribution in [0.5, 0.6) is 5.75 Å². The Balaban J connectivity index is 2.21. The molecule has 1 unspecified atom stereocenters. The molecule has 0 radical (unpaired) electrons. The summed E-state index contributed by atoms with van der Waals surface area (Å²) >= 11 is 11.8. The molecule has 21 heavy (non-hydrogen) atoms. The van der Waals surface area contributed by atoms with E-state index >= 15 is 0 Å². The summed E-state index contributed by atoms with van der Waals surface area (Å²) in [5.41, 5.74) is 0.107.